The Morgan fingerprint density at radius 3 is 2.40 bits per heavy atom. The van der Waals surface area contributed by atoms with Crippen LogP contribution in [0.15, 0.2) is 0 Å². The Morgan fingerprint density at radius 2 is 2.20 bits per heavy atom. The number of aryl methyl sites for hydroxylation is 1. The lowest BCUT2D eigenvalue weighted by Gasteiger charge is -1.90. The molecule has 0 aliphatic heterocycles. The minimum Gasteiger partial charge on any atom is -0.281 e. The summed E-state index contributed by atoms with van der Waals surface area (Å²) < 4.78 is 23.7. The molecule has 0 amide bonds. The lowest BCUT2D eigenvalue weighted by molar-refractivity contribution is 0.146. The van der Waals surface area contributed by atoms with E-state index in [1.54, 1.807) is 6.92 Å². The lowest BCUT2D eigenvalue weighted by atomic mass is 10.4. The number of aromatic amines is 1. The summed E-state index contributed by atoms with van der Waals surface area (Å²) in [6.45, 7) is 1.58. The molecule has 1 aromatic heterocycles. The minimum absolute atomic E-state index is 0.0231. The van der Waals surface area contributed by atoms with Crippen molar-refractivity contribution in [3.8, 4) is 0 Å². The third-order valence-electron chi connectivity index (χ3n) is 1.10. The quantitative estimate of drug-likeness (QED) is 0.682. The van der Waals surface area contributed by atoms with Gasteiger partial charge in [0.15, 0.2) is 0 Å². The molecule has 0 aliphatic carbocycles. The molecular weight excluding hydrogens is 162 g/mol. The fraction of sp³-hybridized carbons (Fsp3) is 0.400. The van der Waals surface area contributed by atoms with Crippen LogP contribution in [0.5, 0.6) is 0 Å². The number of rotatable bonds is 1. The van der Waals surface area contributed by atoms with Crippen LogP contribution in [0.4, 0.5) is 8.78 Å². The number of nitrogens with zero attached hydrogens (tertiary/aromatic N) is 1. The van der Waals surface area contributed by atoms with Gasteiger partial charge in [0, 0.05) is 0 Å². The molecule has 0 saturated heterocycles. The topological polar surface area (TPSA) is 28.7 Å². The van der Waals surface area contributed by atoms with Crippen LogP contribution in [0.1, 0.15) is 17.8 Å². The van der Waals surface area contributed by atoms with Crippen molar-refractivity contribution in [3.05, 3.63) is 16.4 Å². The second-order valence-corrected chi connectivity index (χ2v) is 2.23. The van der Waals surface area contributed by atoms with Gasteiger partial charge in [0.05, 0.1) is 10.7 Å². The van der Waals surface area contributed by atoms with Crippen molar-refractivity contribution in [2.24, 2.45) is 0 Å². The van der Waals surface area contributed by atoms with Crippen LogP contribution < -0.4 is 0 Å². The molecule has 1 rings (SSSR count). The molecule has 0 radical (unpaired) electrons. The first kappa shape index (κ1) is 7.47. The Bertz CT molecular complexity index is 234. The molecule has 0 atom stereocenters. The van der Waals surface area contributed by atoms with E-state index in [1.807, 2.05) is 0 Å². The van der Waals surface area contributed by atoms with Crippen LogP contribution in [0.25, 0.3) is 0 Å². The average molecular weight is 167 g/mol. The van der Waals surface area contributed by atoms with Crippen molar-refractivity contribution in [1.29, 1.82) is 0 Å². The number of nitrogens with one attached hydrogen (secondary N) is 1. The summed E-state index contributed by atoms with van der Waals surface area (Å²) in [7, 11) is 0. The summed E-state index contributed by atoms with van der Waals surface area (Å²) in [5.74, 6) is 0. The van der Waals surface area contributed by atoms with Gasteiger partial charge in [-0.2, -0.15) is 5.10 Å². The maximum Gasteiger partial charge on any atom is 0.283 e. The highest BCUT2D eigenvalue weighted by atomic mass is 35.5. The van der Waals surface area contributed by atoms with Gasteiger partial charge in [-0.25, -0.2) is 8.78 Å². The Kier molecular flexibility index (Phi) is 1.89. The van der Waals surface area contributed by atoms with E-state index in [-0.39, 0.29) is 10.7 Å². The molecule has 0 saturated carbocycles. The largest absolute Gasteiger partial charge is 0.283 e. The summed E-state index contributed by atoms with van der Waals surface area (Å²) in [6, 6.07) is 0. The second-order valence-electron chi connectivity index (χ2n) is 1.85. The van der Waals surface area contributed by atoms with Gasteiger partial charge in [-0.05, 0) is 6.92 Å². The Labute approximate surface area is 61.2 Å². The summed E-state index contributed by atoms with van der Waals surface area (Å²) in [4.78, 5) is 0. The molecule has 0 aliphatic rings. The molecule has 5 heteroatoms. The Morgan fingerprint density at radius 1 is 1.60 bits per heavy atom. The van der Waals surface area contributed by atoms with Gasteiger partial charge < -0.3 is 0 Å². The molecule has 1 N–H and O–H groups in total. The zero-order chi connectivity index (χ0) is 7.72. The van der Waals surface area contributed by atoms with E-state index in [1.165, 1.54) is 0 Å². The van der Waals surface area contributed by atoms with Crippen molar-refractivity contribution in [2.75, 3.05) is 0 Å². The summed E-state index contributed by atoms with van der Waals surface area (Å²) in [5, 5.41) is 5.69. The minimum atomic E-state index is -2.60. The number of hydrogen-bond donors (Lipinski definition) is 1. The van der Waals surface area contributed by atoms with Crippen LogP contribution in [0.3, 0.4) is 0 Å². The van der Waals surface area contributed by atoms with Crippen molar-refractivity contribution in [2.45, 2.75) is 13.3 Å². The van der Waals surface area contributed by atoms with Crippen molar-refractivity contribution < 1.29 is 8.78 Å². The first-order valence-corrected chi connectivity index (χ1v) is 2.99. The maximum absolute atomic E-state index is 11.9. The van der Waals surface area contributed by atoms with Gasteiger partial charge in [-0.15, -0.1) is 0 Å². The van der Waals surface area contributed by atoms with Crippen molar-refractivity contribution in [3.63, 3.8) is 0 Å². The molecule has 0 fully saturated rings. The third-order valence-corrected chi connectivity index (χ3v) is 1.58. The summed E-state index contributed by atoms with van der Waals surface area (Å²) >= 11 is 5.43. The lowest BCUT2D eigenvalue weighted by Crippen LogP contribution is -1.83. The zero-order valence-corrected chi connectivity index (χ0v) is 5.91. The van der Waals surface area contributed by atoms with Crippen LogP contribution >= 0.6 is 11.6 Å². The molecule has 56 valence electrons. The zero-order valence-electron chi connectivity index (χ0n) is 5.16. The van der Waals surface area contributed by atoms with Crippen LogP contribution in [-0.4, -0.2) is 10.2 Å². The van der Waals surface area contributed by atoms with Gasteiger partial charge in [0.1, 0.15) is 5.69 Å². The summed E-state index contributed by atoms with van der Waals surface area (Å²) in [5.41, 5.74) is 0.0936. The highest BCUT2D eigenvalue weighted by molar-refractivity contribution is 6.31. The summed E-state index contributed by atoms with van der Waals surface area (Å²) in [6.07, 6.45) is -2.60. The van der Waals surface area contributed by atoms with E-state index in [2.05, 4.69) is 10.2 Å². The maximum atomic E-state index is 11.9. The van der Waals surface area contributed by atoms with Crippen LogP contribution in [0.2, 0.25) is 5.02 Å². The van der Waals surface area contributed by atoms with Gasteiger partial charge in [0.2, 0.25) is 0 Å². The predicted octanol–water partition coefficient (Wildman–Crippen LogP) is 2.31. The van der Waals surface area contributed by atoms with Crippen LogP contribution in [0, 0.1) is 6.92 Å². The number of hydrogen-bond acceptors (Lipinski definition) is 1. The molecule has 10 heavy (non-hydrogen) atoms. The van der Waals surface area contributed by atoms with Gasteiger partial charge in [0.25, 0.3) is 6.43 Å². The standard InChI is InChI=1S/C5H5ClF2N2/c1-2-3(6)4(5(7)8)10-9-2/h5H,1H3,(H,9,10). The fourth-order valence-electron chi connectivity index (χ4n) is 0.579. The predicted molar refractivity (Wildman–Crippen MR) is 33.3 cm³/mol. The fourth-order valence-corrected chi connectivity index (χ4v) is 0.746. The average Bonchev–Trinajstić information content (AvgIpc) is 2.14. The molecule has 0 aromatic carbocycles. The monoisotopic (exact) mass is 166 g/mol. The molecule has 1 heterocycles. The van der Waals surface area contributed by atoms with Crippen molar-refractivity contribution in [1.82, 2.24) is 10.2 Å². The number of aromatic nitrogens is 2. The third kappa shape index (κ3) is 1.11. The highest BCUT2D eigenvalue weighted by Gasteiger charge is 2.16. The highest BCUT2D eigenvalue weighted by Crippen LogP contribution is 2.26. The van der Waals surface area contributed by atoms with E-state index in [0.29, 0.717) is 5.69 Å². The number of alkyl halides is 2. The van der Waals surface area contributed by atoms with E-state index in [4.69, 9.17) is 11.6 Å². The number of H-pyrrole nitrogens is 1. The van der Waals surface area contributed by atoms with E-state index >= 15 is 0 Å². The van der Waals surface area contributed by atoms with Gasteiger partial charge in [-0.1, -0.05) is 11.6 Å². The molecule has 0 spiro atoms. The smallest absolute Gasteiger partial charge is 0.281 e. The van der Waals surface area contributed by atoms with E-state index in [0.717, 1.165) is 0 Å². The second kappa shape index (κ2) is 2.54. The van der Waals surface area contributed by atoms with Gasteiger partial charge in [-0.3, -0.25) is 5.10 Å². The van der Waals surface area contributed by atoms with Crippen molar-refractivity contribution >= 4 is 11.6 Å². The Balaban J connectivity index is 3.05. The first-order valence-electron chi connectivity index (χ1n) is 2.61. The normalized spacial score (nSPS) is 10.9. The van der Waals surface area contributed by atoms with E-state index in [9.17, 15) is 8.78 Å². The first-order chi connectivity index (χ1) is 4.63. The molecular formula is C5H5ClF2N2. The molecule has 2 nitrogen and oxygen atoms in total. The SMILES string of the molecule is Cc1[nH]nc(C(F)F)c1Cl. The van der Waals surface area contributed by atoms with Gasteiger partial charge >= 0.3 is 0 Å². The molecule has 0 unspecified atom stereocenters. The van der Waals surface area contributed by atoms with E-state index < -0.39 is 6.43 Å². The number of halogens is 3. The van der Waals surface area contributed by atoms with Crippen LogP contribution in [-0.2, 0) is 0 Å². The Hall–Kier alpha value is -0.640. The molecule has 0 bridgehead atoms. The molecule has 1 aromatic rings.